The van der Waals surface area contributed by atoms with Crippen LogP contribution >= 0.6 is 31.9 Å². The molecule has 3 nitrogen and oxygen atoms in total. The molecule has 1 aromatic rings. The van der Waals surface area contributed by atoms with Gasteiger partial charge in [-0.05, 0) is 70.1 Å². The van der Waals surface area contributed by atoms with Crippen molar-refractivity contribution in [3.63, 3.8) is 0 Å². The van der Waals surface area contributed by atoms with Crippen LogP contribution in [0.2, 0.25) is 0 Å². The van der Waals surface area contributed by atoms with Crippen molar-refractivity contribution in [3.05, 3.63) is 32.7 Å². The Morgan fingerprint density at radius 2 is 2.11 bits per heavy atom. The Morgan fingerprint density at radius 1 is 1.37 bits per heavy atom. The quantitative estimate of drug-likeness (QED) is 0.857. The molecule has 0 amide bonds. The second-order valence-electron chi connectivity index (χ2n) is 5.33. The predicted molar refractivity (Wildman–Crippen MR) is 87.3 cm³/mol. The van der Waals surface area contributed by atoms with Crippen LogP contribution < -0.4 is 5.73 Å². The summed E-state index contributed by atoms with van der Waals surface area (Å²) in [6.45, 7) is 2.88. The highest BCUT2D eigenvalue weighted by Gasteiger charge is 2.29. The van der Waals surface area contributed by atoms with Crippen molar-refractivity contribution < 1.29 is 0 Å². The lowest BCUT2D eigenvalue weighted by atomic mass is 10.1. The first-order valence-corrected chi connectivity index (χ1v) is 8.17. The molecule has 2 rings (SSSR count). The van der Waals surface area contributed by atoms with Gasteiger partial charge in [0.2, 0.25) is 0 Å². The van der Waals surface area contributed by atoms with Crippen LogP contribution in [0, 0.1) is 0 Å². The summed E-state index contributed by atoms with van der Waals surface area (Å²) in [5.74, 6) is 0. The van der Waals surface area contributed by atoms with E-state index in [4.69, 9.17) is 5.73 Å². The Balaban J connectivity index is 2.14. The summed E-state index contributed by atoms with van der Waals surface area (Å²) in [7, 11) is 4.31. The minimum absolute atomic E-state index is 0.314. The summed E-state index contributed by atoms with van der Waals surface area (Å²) in [5.41, 5.74) is 7.30. The van der Waals surface area contributed by atoms with Gasteiger partial charge < -0.3 is 10.6 Å². The molecule has 0 spiro atoms. The Hall–Kier alpha value is 0.0600. The molecule has 1 aromatic carbocycles. The van der Waals surface area contributed by atoms with Crippen LogP contribution in [0.1, 0.15) is 18.0 Å². The van der Waals surface area contributed by atoms with Crippen molar-refractivity contribution >= 4 is 31.9 Å². The van der Waals surface area contributed by atoms with E-state index in [9.17, 15) is 0 Å². The summed E-state index contributed by atoms with van der Waals surface area (Å²) < 4.78 is 2.17. The van der Waals surface area contributed by atoms with E-state index in [0.29, 0.717) is 18.6 Å². The second-order valence-corrected chi connectivity index (χ2v) is 7.03. The highest BCUT2D eigenvalue weighted by atomic mass is 79.9. The third-order valence-electron chi connectivity index (χ3n) is 3.92. The number of hydrogen-bond acceptors (Lipinski definition) is 3. The fourth-order valence-electron chi connectivity index (χ4n) is 2.69. The Morgan fingerprint density at radius 3 is 2.63 bits per heavy atom. The fourth-order valence-corrected chi connectivity index (χ4v) is 3.33. The average molecular weight is 391 g/mol. The molecule has 1 saturated heterocycles. The van der Waals surface area contributed by atoms with E-state index in [1.54, 1.807) is 0 Å². The van der Waals surface area contributed by atoms with Crippen LogP contribution in [-0.2, 0) is 0 Å². The van der Waals surface area contributed by atoms with Crippen molar-refractivity contribution in [2.24, 2.45) is 5.73 Å². The molecule has 0 aliphatic carbocycles. The summed E-state index contributed by atoms with van der Waals surface area (Å²) in [4.78, 5) is 4.81. The molecule has 19 heavy (non-hydrogen) atoms. The summed E-state index contributed by atoms with van der Waals surface area (Å²) in [5, 5.41) is 0. The van der Waals surface area contributed by atoms with E-state index in [1.807, 2.05) is 0 Å². The molecule has 2 atom stereocenters. The van der Waals surface area contributed by atoms with Gasteiger partial charge in [0.1, 0.15) is 0 Å². The van der Waals surface area contributed by atoms with Gasteiger partial charge in [0.05, 0.1) is 0 Å². The smallest absolute Gasteiger partial charge is 0.0471 e. The Bertz CT molecular complexity index is 437. The highest BCUT2D eigenvalue weighted by molar-refractivity contribution is 9.13. The second kappa shape index (κ2) is 6.68. The summed E-state index contributed by atoms with van der Waals surface area (Å²) in [6, 6.07) is 7.38. The number of hydrogen-bond donors (Lipinski definition) is 1. The zero-order valence-electron chi connectivity index (χ0n) is 11.4. The van der Waals surface area contributed by atoms with Crippen LogP contribution in [0.3, 0.4) is 0 Å². The first-order valence-electron chi connectivity index (χ1n) is 6.58. The molecule has 5 heteroatoms. The van der Waals surface area contributed by atoms with E-state index < -0.39 is 0 Å². The topological polar surface area (TPSA) is 32.5 Å². The molecule has 1 heterocycles. The average Bonchev–Trinajstić information content (AvgIpc) is 2.84. The van der Waals surface area contributed by atoms with Gasteiger partial charge in [-0.3, -0.25) is 4.90 Å². The van der Waals surface area contributed by atoms with Crippen molar-refractivity contribution in [2.75, 3.05) is 33.7 Å². The maximum absolute atomic E-state index is 6.01. The van der Waals surface area contributed by atoms with E-state index in [0.717, 1.165) is 22.0 Å². The minimum atomic E-state index is 0.314. The number of benzene rings is 1. The molecule has 0 radical (unpaired) electrons. The van der Waals surface area contributed by atoms with Gasteiger partial charge in [-0.1, -0.05) is 6.07 Å². The van der Waals surface area contributed by atoms with Crippen LogP contribution in [0.4, 0.5) is 0 Å². The number of nitrogens with zero attached hydrogens (tertiary/aromatic N) is 2. The number of rotatable bonds is 4. The maximum Gasteiger partial charge on any atom is 0.0471 e. The van der Waals surface area contributed by atoms with E-state index in [2.05, 4.69) is 74.0 Å². The van der Waals surface area contributed by atoms with Crippen LogP contribution in [0.5, 0.6) is 0 Å². The first-order chi connectivity index (χ1) is 9.02. The van der Waals surface area contributed by atoms with Crippen molar-refractivity contribution in [1.29, 1.82) is 0 Å². The Labute approximate surface area is 132 Å². The molecule has 0 saturated carbocycles. The number of likely N-dealkylation sites (tertiary alicyclic amines) is 1. The molecule has 1 fully saturated rings. The molecule has 0 bridgehead atoms. The molecule has 1 aliphatic heterocycles. The third-order valence-corrected chi connectivity index (χ3v) is 5.80. The minimum Gasteiger partial charge on any atom is -0.329 e. The summed E-state index contributed by atoms with van der Waals surface area (Å²) in [6.07, 6.45) is 1.22. The fraction of sp³-hybridized carbons (Fsp3) is 0.571. The van der Waals surface area contributed by atoms with Gasteiger partial charge in [0.25, 0.3) is 0 Å². The molecule has 0 aromatic heterocycles. The van der Waals surface area contributed by atoms with Gasteiger partial charge >= 0.3 is 0 Å². The van der Waals surface area contributed by atoms with Crippen LogP contribution in [0.25, 0.3) is 0 Å². The number of halogens is 2. The lowest BCUT2D eigenvalue weighted by Crippen LogP contribution is -2.36. The Kier molecular flexibility index (Phi) is 5.43. The molecular weight excluding hydrogens is 370 g/mol. The van der Waals surface area contributed by atoms with Crippen molar-refractivity contribution in [2.45, 2.75) is 18.5 Å². The monoisotopic (exact) mass is 389 g/mol. The highest BCUT2D eigenvalue weighted by Crippen LogP contribution is 2.30. The van der Waals surface area contributed by atoms with E-state index in [-0.39, 0.29) is 0 Å². The van der Waals surface area contributed by atoms with Gasteiger partial charge in [-0.2, -0.15) is 0 Å². The predicted octanol–water partition coefficient (Wildman–Crippen LogP) is 2.85. The van der Waals surface area contributed by atoms with Crippen molar-refractivity contribution in [1.82, 2.24) is 9.80 Å². The third kappa shape index (κ3) is 3.58. The number of likely N-dealkylation sites (N-methyl/N-ethyl adjacent to an activating group) is 1. The zero-order valence-corrected chi connectivity index (χ0v) is 14.6. The van der Waals surface area contributed by atoms with Crippen LogP contribution in [-0.4, -0.2) is 49.6 Å². The van der Waals surface area contributed by atoms with Gasteiger partial charge in [0.15, 0.2) is 0 Å². The maximum atomic E-state index is 6.01. The largest absolute Gasteiger partial charge is 0.329 e. The van der Waals surface area contributed by atoms with Gasteiger partial charge in [-0.25, -0.2) is 0 Å². The SMILES string of the molecule is CN(C)C1CCN(C(CN)c2ccc(Br)c(Br)c2)C1. The zero-order chi connectivity index (χ0) is 14.0. The van der Waals surface area contributed by atoms with Crippen LogP contribution in [0.15, 0.2) is 27.1 Å². The first kappa shape index (κ1) is 15.4. The van der Waals surface area contributed by atoms with Gasteiger partial charge in [0, 0.05) is 40.7 Å². The summed E-state index contributed by atoms with van der Waals surface area (Å²) >= 11 is 7.09. The van der Waals surface area contributed by atoms with E-state index >= 15 is 0 Å². The molecular formula is C14H21Br2N3. The van der Waals surface area contributed by atoms with E-state index in [1.165, 1.54) is 12.0 Å². The normalized spacial score (nSPS) is 22.1. The van der Waals surface area contributed by atoms with Crippen molar-refractivity contribution in [3.8, 4) is 0 Å². The van der Waals surface area contributed by atoms with Gasteiger partial charge in [-0.15, -0.1) is 0 Å². The molecule has 2 N–H and O–H groups in total. The molecule has 106 valence electrons. The number of nitrogens with two attached hydrogens (primary N) is 1. The lowest BCUT2D eigenvalue weighted by molar-refractivity contribution is 0.220. The standard InChI is InChI=1S/C14H21Br2N3/c1-18(2)11-5-6-19(9-11)14(8-17)10-3-4-12(15)13(16)7-10/h3-4,7,11,14H,5-6,8-9,17H2,1-2H3. The molecule has 2 unspecified atom stereocenters. The molecule has 1 aliphatic rings. The lowest BCUT2D eigenvalue weighted by Gasteiger charge is -2.28.